The molecule has 2 rings (SSSR count). The molecule has 0 aromatic heterocycles. The highest BCUT2D eigenvalue weighted by molar-refractivity contribution is 5.78. The largest absolute Gasteiger partial charge is 0.497 e. The molecule has 1 amide bonds. The zero-order valence-corrected chi connectivity index (χ0v) is 12.6. The minimum absolute atomic E-state index is 0.0442. The molecule has 1 N–H and O–H groups in total. The van der Waals surface area contributed by atoms with Crippen molar-refractivity contribution < 1.29 is 13.9 Å². The van der Waals surface area contributed by atoms with Crippen molar-refractivity contribution in [2.45, 2.75) is 19.3 Å². The molecular weight excluding hydrogens is 281 g/mol. The van der Waals surface area contributed by atoms with Gasteiger partial charge in [0.15, 0.2) is 0 Å². The van der Waals surface area contributed by atoms with Crippen molar-refractivity contribution in [2.75, 3.05) is 13.7 Å². The number of carbonyl (C=O) groups excluding carboxylic acids is 1. The van der Waals surface area contributed by atoms with Crippen molar-refractivity contribution in [3.8, 4) is 5.75 Å². The van der Waals surface area contributed by atoms with Crippen LogP contribution in [0.1, 0.15) is 17.5 Å². The van der Waals surface area contributed by atoms with Gasteiger partial charge < -0.3 is 10.1 Å². The van der Waals surface area contributed by atoms with E-state index in [1.54, 1.807) is 19.2 Å². The van der Waals surface area contributed by atoms with Gasteiger partial charge in [0, 0.05) is 6.54 Å². The molecule has 0 unspecified atom stereocenters. The van der Waals surface area contributed by atoms with E-state index in [0.29, 0.717) is 6.54 Å². The van der Waals surface area contributed by atoms with Crippen LogP contribution in [-0.4, -0.2) is 19.6 Å². The number of rotatable bonds is 7. The Labute approximate surface area is 130 Å². The highest BCUT2D eigenvalue weighted by atomic mass is 19.1. The Morgan fingerprint density at radius 2 is 1.91 bits per heavy atom. The smallest absolute Gasteiger partial charge is 0.224 e. The van der Waals surface area contributed by atoms with Crippen LogP contribution in [0.5, 0.6) is 5.75 Å². The minimum atomic E-state index is -0.289. The van der Waals surface area contributed by atoms with E-state index in [0.717, 1.165) is 24.2 Å². The van der Waals surface area contributed by atoms with E-state index >= 15 is 0 Å². The van der Waals surface area contributed by atoms with Gasteiger partial charge in [-0.3, -0.25) is 4.79 Å². The van der Waals surface area contributed by atoms with Crippen molar-refractivity contribution in [3.05, 3.63) is 65.5 Å². The highest BCUT2D eigenvalue weighted by Gasteiger charge is 2.03. The number of aryl methyl sites for hydroxylation is 1. The summed E-state index contributed by atoms with van der Waals surface area (Å²) in [6.07, 6.45) is 2.02. The fraction of sp³-hybridized carbons (Fsp3) is 0.278. The summed E-state index contributed by atoms with van der Waals surface area (Å²) in [6.45, 7) is 0.622. The fourth-order valence-corrected chi connectivity index (χ4v) is 2.20. The van der Waals surface area contributed by atoms with Gasteiger partial charge in [-0.1, -0.05) is 24.3 Å². The molecule has 116 valence electrons. The van der Waals surface area contributed by atoms with Crippen molar-refractivity contribution >= 4 is 5.91 Å². The van der Waals surface area contributed by atoms with Crippen LogP contribution in [0.25, 0.3) is 0 Å². The van der Waals surface area contributed by atoms with E-state index in [2.05, 4.69) is 5.32 Å². The molecular formula is C18H20FNO2. The number of nitrogens with one attached hydrogen (secondary N) is 1. The molecule has 0 fully saturated rings. The number of benzene rings is 2. The van der Waals surface area contributed by atoms with Gasteiger partial charge in [-0.2, -0.15) is 0 Å². The second kappa shape index (κ2) is 8.17. The first-order valence-corrected chi connectivity index (χ1v) is 7.31. The lowest BCUT2D eigenvalue weighted by Crippen LogP contribution is -2.26. The van der Waals surface area contributed by atoms with Crippen LogP contribution >= 0.6 is 0 Å². The third kappa shape index (κ3) is 5.20. The molecule has 0 aliphatic heterocycles. The molecule has 2 aromatic rings. The van der Waals surface area contributed by atoms with Crippen LogP contribution in [0, 0.1) is 5.82 Å². The maximum Gasteiger partial charge on any atom is 0.224 e. The lowest BCUT2D eigenvalue weighted by Gasteiger charge is -2.07. The maximum atomic E-state index is 12.8. The molecule has 0 radical (unpaired) electrons. The van der Waals surface area contributed by atoms with Crippen LogP contribution in [0.15, 0.2) is 48.5 Å². The summed E-state index contributed by atoms with van der Waals surface area (Å²) in [4.78, 5) is 11.8. The van der Waals surface area contributed by atoms with Crippen molar-refractivity contribution in [1.29, 1.82) is 0 Å². The number of methoxy groups -OCH3 is 1. The van der Waals surface area contributed by atoms with Crippen LogP contribution in [-0.2, 0) is 17.6 Å². The molecule has 0 saturated heterocycles. The lowest BCUT2D eigenvalue weighted by molar-refractivity contribution is -0.120. The number of ether oxygens (including phenoxy) is 1. The van der Waals surface area contributed by atoms with Gasteiger partial charge in [-0.15, -0.1) is 0 Å². The Kier molecular flexibility index (Phi) is 5.95. The Bertz CT molecular complexity index is 611. The third-order valence-corrected chi connectivity index (χ3v) is 3.38. The lowest BCUT2D eigenvalue weighted by atomic mass is 10.1. The molecule has 0 heterocycles. The van der Waals surface area contributed by atoms with Crippen LogP contribution in [0.2, 0.25) is 0 Å². The third-order valence-electron chi connectivity index (χ3n) is 3.38. The molecule has 0 aliphatic rings. The molecule has 0 bridgehead atoms. The molecule has 0 spiro atoms. The summed E-state index contributed by atoms with van der Waals surface area (Å²) < 4.78 is 18.0. The SMILES string of the molecule is COc1cccc(CCCNC(=O)Cc2ccc(F)cc2)c1. The number of halogens is 1. The number of carbonyl (C=O) groups is 1. The Morgan fingerprint density at radius 1 is 1.14 bits per heavy atom. The van der Waals surface area contributed by atoms with Gasteiger partial charge in [0.2, 0.25) is 5.91 Å². The maximum absolute atomic E-state index is 12.8. The summed E-state index contributed by atoms with van der Waals surface area (Å²) >= 11 is 0. The topological polar surface area (TPSA) is 38.3 Å². The molecule has 2 aromatic carbocycles. The van der Waals surface area contributed by atoms with Crippen LogP contribution in [0.4, 0.5) is 4.39 Å². The molecule has 3 nitrogen and oxygen atoms in total. The van der Waals surface area contributed by atoms with E-state index in [9.17, 15) is 9.18 Å². The summed E-state index contributed by atoms with van der Waals surface area (Å²) in [5.41, 5.74) is 2.00. The predicted octanol–water partition coefficient (Wildman–Crippen LogP) is 3.13. The van der Waals surface area contributed by atoms with Crippen molar-refractivity contribution in [2.24, 2.45) is 0 Å². The first kappa shape index (κ1) is 16.0. The van der Waals surface area contributed by atoms with Gasteiger partial charge in [-0.05, 0) is 48.2 Å². The van der Waals surface area contributed by atoms with Crippen molar-refractivity contribution in [1.82, 2.24) is 5.32 Å². The van der Waals surface area contributed by atoms with Gasteiger partial charge in [-0.25, -0.2) is 4.39 Å². The van der Waals surface area contributed by atoms with Gasteiger partial charge in [0.25, 0.3) is 0 Å². The molecule has 22 heavy (non-hydrogen) atoms. The van der Waals surface area contributed by atoms with E-state index in [-0.39, 0.29) is 18.1 Å². The summed E-state index contributed by atoms with van der Waals surface area (Å²) in [5, 5.41) is 2.88. The van der Waals surface area contributed by atoms with E-state index in [1.165, 1.54) is 17.7 Å². The number of amides is 1. The van der Waals surface area contributed by atoms with Crippen LogP contribution in [0.3, 0.4) is 0 Å². The zero-order chi connectivity index (χ0) is 15.8. The van der Waals surface area contributed by atoms with Gasteiger partial charge in [0.05, 0.1) is 13.5 Å². The van der Waals surface area contributed by atoms with Crippen LogP contribution < -0.4 is 10.1 Å². The minimum Gasteiger partial charge on any atom is -0.497 e. The first-order chi connectivity index (χ1) is 10.7. The summed E-state index contributed by atoms with van der Waals surface area (Å²) in [5.74, 6) is 0.512. The molecule has 0 saturated carbocycles. The zero-order valence-electron chi connectivity index (χ0n) is 12.6. The summed E-state index contributed by atoms with van der Waals surface area (Å²) in [7, 11) is 1.65. The predicted molar refractivity (Wildman–Crippen MR) is 84.4 cm³/mol. The fourth-order valence-electron chi connectivity index (χ4n) is 2.20. The van der Waals surface area contributed by atoms with Crippen molar-refractivity contribution in [3.63, 3.8) is 0 Å². The Morgan fingerprint density at radius 3 is 2.64 bits per heavy atom. The molecule has 4 heteroatoms. The monoisotopic (exact) mass is 301 g/mol. The average molecular weight is 301 g/mol. The van der Waals surface area contributed by atoms with E-state index < -0.39 is 0 Å². The second-order valence-electron chi connectivity index (χ2n) is 5.11. The van der Waals surface area contributed by atoms with Gasteiger partial charge >= 0.3 is 0 Å². The normalized spacial score (nSPS) is 10.3. The number of hydrogen-bond acceptors (Lipinski definition) is 2. The quantitative estimate of drug-likeness (QED) is 0.798. The summed E-state index contributed by atoms with van der Waals surface area (Å²) in [6, 6.07) is 13.9. The molecule has 0 atom stereocenters. The highest BCUT2D eigenvalue weighted by Crippen LogP contribution is 2.13. The Balaban J connectivity index is 1.69. The second-order valence-corrected chi connectivity index (χ2v) is 5.11. The van der Waals surface area contributed by atoms with E-state index in [1.807, 2.05) is 24.3 Å². The first-order valence-electron chi connectivity index (χ1n) is 7.31. The van der Waals surface area contributed by atoms with Gasteiger partial charge in [0.1, 0.15) is 11.6 Å². The average Bonchev–Trinajstić information content (AvgIpc) is 2.54. The number of hydrogen-bond donors (Lipinski definition) is 1. The standard InChI is InChI=1S/C18H20FNO2/c1-22-17-6-2-4-14(12-17)5-3-11-20-18(21)13-15-7-9-16(19)10-8-15/h2,4,6-10,12H,3,5,11,13H2,1H3,(H,20,21). The Hall–Kier alpha value is -2.36. The molecule has 0 aliphatic carbocycles. The van der Waals surface area contributed by atoms with E-state index in [4.69, 9.17) is 4.74 Å².